The van der Waals surface area contributed by atoms with E-state index in [0.29, 0.717) is 27.6 Å². The topological polar surface area (TPSA) is 84.0 Å². The summed E-state index contributed by atoms with van der Waals surface area (Å²) in [5.41, 5.74) is 3.85. The number of fused-ring (bicyclic) bond motifs is 1. The fraction of sp³-hybridized carbons (Fsp3) is 0.100. The molecule has 29 heavy (non-hydrogen) atoms. The Balaban J connectivity index is 1.48. The lowest BCUT2D eigenvalue weighted by Crippen LogP contribution is -2.18. The second-order valence-electron chi connectivity index (χ2n) is 6.30. The van der Waals surface area contributed by atoms with Gasteiger partial charge in [-0.15, -0.1) is 11.3 Å². The summed E-state index contributed by atoms with van der Waals surface area (Å²) in [4.78, 5) is 33.0. The molecule has 2 heterocycles. The third-order valence-electron chi connectivity index (χ3n) is 4.28. The number of aromatic nitrogens is 2. The number of nitrogens with one attached hydrogen (secondary N) is 2. The predicted molar refractivity (Wildman–Crippen MR) is 113 cm³/mol. The largest absolute Gasteiger partial charge is 0.326 e. The maximum atomic E-state index is 13.4. The molecule has 0 radical (unpaired) electrons. The fourth-order valence-corrected chi connectivity index (χ4v) is 4.15. The summed E-state index contributed by atoms with van der Waals surface area (Å²) < 4.78 is 14.2. The molecule has 1 unspecified atom stereocenters. The number of hydrogen-bond donors (Lipinski definition) is 2. The third-order valence-corrected chi connectivity index (χ3v) is 5.80. The number of carbonyl (C=O) groups is 2. The Kier molecular flexibility index (Phi) is 5.32. The monoisotopic (exact) mass is 426 g/mol. The Hall–Kier alpha value is -3.17. The van der Waals surface area contributed by atoms with Crippen LogP contribution in [0.5, 0.6) is 0 Å². The van der Waals surface area contributed by atoms with Crippen molar-refractivity contribution in [1.29, 1.82) is 0 Å². The Morgan fingerprint density at radius 2 is 2.00 bits per heavy atom. The van der Waals surface area contributed by atoms with Crippen molar-refractivity contribution in [2.24, 2.45) is 0 Å². The lowest BCUT2D eigenvalue weighted by atomic mass is 10.0. The smallest absolute Gasteiger partial charge is 0.276 e. The molecule has 0 aliphatic rings. The van der Waals surface area contributed by atoms with Gasteiger partial charge in [0, 0.05) is 11.1 Å². The van der Waals surface area contributed by atoms with Crippen LogP contribution in [0.1, 0.15) is 28.9 Å². The maximum Gasteiger partial charge on any atom is 0.276 e. The summed E-state index contributed by atoms with van der Waals surface area (Å²) in [5, 5.41) is 7.69. The number of nitrogens with zero attached hydrogens (tertiary/aromatic N) is 2. The summed E-state index contributed by atoms with van der Waals surface area (Å²) in [6.45, 7) is 1.72. The van der Waals surface area contributed by atoms with Crippen molar-refractivity contribution in [2.75, 3.05) is 10.6 Å². The molecule has 0 bridgehead atoms. The van der Waals surface area contributed by atoms with Crippen molar-refractivity contribution < 1.29 is 14.0 Å². The molecule has 2 amide bonds. The first-order valence-electron chi connectivity index (χ1n) is 8.66. The quantitative estimate of drug-likeness (QED) is 0.476. The molecule has 0 aliphatic heterocycles. The summed E-state index contributed by atoms with van der Waals surface area (Å²) in [7, 11) is 0. The number of benzene rings is 2. The highest BCUT2D eigenvalue weighted by Crippen LogP contribution is 2.29. The standard InChI is InChI=1S/C20H15FN4O2S2/c1-11(12-3-2-4-13(21)7-12)18(26)23-14-5-6-15-17(8-14)29-20(24-15)25-19(27)16-9-28-10-22-16/h2-11H,1H3,(H,23,26)(H,24,25,27). The zero-order valence-corrected chi connectivity index (χ0v) is 16.8. The van der Waals surface area contributed by atoms with E-state index >= 15 is 0 Å². The van der Waals surface area contributed by atoms with Crippen LogP contribution in [0.25, 0.3) is 10.2 Å². The zero-order valence-electron chi connectivity index (χ0n) is 15.2. The minimum atomic E-state index is -0.504. The number of rotatable bonds is 5. The van der Waals surface area contributed by atoms with Crippen molar-refractivity contribution in [3.8, 4) is 0 Å². The number of hydrogen-bond acceptors (Lipinski definition) is 6. The number of amides is 2. The van der Waals surface area contributed by atoms with E-state index in [0.717, 1.165) is 4.70 Å². The van der Waals surface area contributed by atoms with Gasteiger partial charge in [0.15, 0.2) is 5.13 Å². The van der Waals surface area contributed by atoms with E-state index in [1.165, 1.54) is 34.8 Å². The normalized spacial score (nSPS) is 11.9. The summed E-state index contributed by atoms with van der Waals surface area (Å²) >= 11 is 2.65. The maximum absolute atomic E-state index is 13.4. The van der Waals surface area contributed by atoms with Gasteiger partial charge in [-0.05, 0) is 42.8 Å². The number of carbonyl (C=O) groups excluding carboxylic acids is 2. The SMILES string of the molecule is CC(C(=O)Nc1ccc2nc(NC(=O)c3cscn3)sc2c1)c1cccc(F)c1. The molecule has 6 nitrogen and oxygen atoms in total. The van der Waals surface area contributed by atoms with Gasteiger partial charge in [0.05, 0.1) is 21.6 Å². The molecule has 0 aliphatic carbocycles. The van der Waals surface area contributed by atoms with Crippen LogP contribution in [0.3, 0.4) is 0 Å². The lowest BCUT2D eigenvalue weighted by Gasteiger charge is -2.12. The van der Waals surface area contributed by atoms with E-state index in [1.807, 2.05) is 0 Å². The van der Waals surface area contributed by atoms with E-state index in [2.05, 4.69) is 20.6 Å². The first-order chi connectivity index (χ1) is 14.0. The van der Waals surface area contributed by atoms with Crippen LogP contribution in [0.4, 0.5) is 15.2 Å². The van der Waals surface area contributed by atoms with E-state index in [4.69, 9.17) is 0 Å². The van der Waals surface area contributed by atoms with Gasteiger partial charge in [-0.2, -0.15) is 0 Å². The van der Waals surface area contributed by atoms with Crippen LogP contribution in [0.2, 0.25) is 0 Å². The van der Waals surface area contributed by atoms with Gasteiger partial charge in [0.25, 0.3) is 5.91 Å². The molecule has 2 aromatic carbocycles. The van der Waals surface area contributed by atoms with Crippen LogP contribution in [-0.4, -0.2) is 21.8 Å². The second kappa shape index (κ2) is 8.06. The van der Waals surface area contributed by atoms with E-state index in [-0.39, 0.29) is 17.6 Å². The molecule has 0 spiro atoms. The van der Waals surface area contributed by atoms with Crippen LogP contribution in [0.15, 0.2) is 53.4 Å². The molecule has 1 atom stereocenters. The molecule has 146 valence electrons. The van der Waals surface area contributed by atoms with Crippen LogP contribution in [0, 0.1) is 5.82 Å². The Bertz CT molecular complexity index is 1190. The molecular weight excluding hydrogens is 411 g/mol. The highest BCUT2D eigenvalue weighted by Gasteiger charge is 2.17. The summed E-state index contributed by atoms with van der Waals surface area (Å²) in [6.07, 6.45) is 0. The minimum Gasteiger partial charge on any atom is -0.326 e. The Morgan fingerprint density at radius 3 is 2.76 bits per heavy atom. The van der Waals surface area contributed by atoms with Crippen molar-refractivity contribution in [2.45, 2.75) is 12.8 Å². The first-order valence-corrected chi connectivity index (χ1v) is 10.4. The highest BCUT2D eigenvalue weighted by atomic mass is 32.1. The number of thiazole rings is 2. The number of halogens is 1. The van der Waals surface area contributed by atoms with Crippen LogP contribution < -0.4 is 10.6 Å². The molecule has 0 saturated carbocycles. The zero-order chi connectivity index (χ0) is 20.4. The average Bonchev–Trinajstić information content (AvgIpc) is 3.36. The Morgan fingerprint density at radius 1 is 1.14 bits per heavy atom. The van der Waals surface area contributed by atoms with Gasteiger partial charge in [-0.3, -0.25) is 14.9 Å². The number of anilines is 2. The molecule has 2 N–H and O–H groups in total. The van der Waals surface area contributed by atoms with Gasteiger partial charge in [0.1, 0.15) is 11.5 Å². The molecular formula is C20H15FN4O2S2. The van der Waals surface area contributed by atoms with Gasteiger partial charge in [-0.25, -0.2) is 14.4 Å². The van der Waals surface area contributed by atoms with E-state index in [9.17, 15) is 14.0 Å². The van der Waals surface area contributed by atoms with Crippen molar-refractivity contribution in [1.82, 2.24) is 9.97 Å². The first kappa shape index (κ1) is 19.2. The van der Waals surface area contributed by atoms with Crippen LogP contribution in [-0.2, 0) is 4.79 Å². The summed E-state index contributed by atoms with van der Waals surface area (Å²) in [6, 6.07) is 11.3. The molecule has 0 saturated heterocycles. The molecule has 0 fully saturated rings. The predicted octanol–water partition coefficient (Wildman–Crippen LogP) is 4.89. The van der Waals surface area contributed by atoms with Gasteiger partial charge in [-0.1, -0.05) is 23.5 Å². The average molecular weight is 426 g/mol. The van der Waals surface area contributed by atoms with E-state index < -0.39 is 5.92 Å². The van der Waals surface area contributed by atoms with E-state index in [1.54, 1.807) is 48.1 Å². The Labute approximate surface area is 173 Å². The van der Waals surface area contributed by atoms with Crippen molar-refractivity contribution in [3.05, 3.63) is 70.4 Å². The third kappa shape index (κ3) is 4.30. The highest BCUT2D eigenvalue weighted by molar-refractivity contribution is 7.22. The molecule has 4 rings (SSSR count). The van der Waals surface area contributed by atoms with Gasteiger partial charge >= 0.3 is 0 Å². The summed E-state index contributed by atoms with van der Waals surface area (Å²) in [5.74, 6) is -1.43. The van der Waals surface area contributed by atoms with Crippen LogP contribution >= 0.6 is 22.7 Å². The lowest BCUT2D eigenvalue weighted by molar-refractivity contribution is -0.117. The van der Waals surface area contributed by atoms with Gasteiger partial charge < -0.3 is 5.32 Å². The molecule has 4 aromatic rings. The minimum absolute atomic E-state index is 0.239. The van der Waals surface area contributed by atoms with Gasteiger partial charge in [0.2, 0.25) is 5.91 Å². The molecule has 9 heteroatoms. The van der Waals surface area contributed by atoms with Crippen molar-refractivity contribution in [3.63, 3.8) is 0 Å². The van der Waals surface area contributed by atoms with Crippen molar-refractivity contribution >= 4 is 55.5 Å². The second-order valence-corrected chi connectivity index (χ2v) is 8.04. The molecule has 2 aromatic heterocycles. The fourth-order valence-electron chi connectivity index (χ4n) is 2.72.